The molecule has 1 aromatic carbocycles. The first-order chi connectivity index (χ1) is 8.09. The van der Waals surface area contributed by atoms with Gasteiger partial charge >= 0.3 is 5.97 Å². The Morgan fingerprint density at radius 3 is 1.88 bits per heavy atom. The Labute approximate surface area is 97.4 Å². The summed E-state index contributed by atoms with van der Waals surface area (Å²) in [6.45, 7) is 0. The Bertz CT molecular complexity index is 458. The zero-order valence-corrected chi connectivity index (χ0v) is 8.97. The topological polar surface area (TPSA) is 83.5 Å². The van der Waals surface area contributed by atoms with Crippen LogP contribution in [0.1, 0.15) is 33.6 Å². The summed E-state index contributed by atoms with van der Waals surface area (Å²) in [5, 5.41) is 10.3. The third-order valence-electron chi connectivity index (χ3n) is 2.57. The average molecular weight is 233 g/mol. The van der Waals surface area contributed by atoms with E-state index in [1.165, 1.54) is 0 Å². The summed E-state index contributed by atoms with van der Waals surface area (Å²) in [6, 6.07) is 6.74. The first-order valence-electron chi connectivity index (χ1n) is 5.27. The third kappa shape index (κ3) is 2.50. The highest BCUT2D eigenvalue weighted by Gasteiger charge is 2.28. The molecule has 2 aliphatic rings. The van der Waals surface area contributed by atoms with E-state index < -0.39 is 5.97 Å². The maximum Gasteiger partial charge on any atom is 0.306 e. The number of rotatable bonds is 1. The molecule has 2 N–H and O–H groups in total. The van der Waals surface area contributed by atoms with Gasteiger partial charge in [-0.2, -0.15) is 0 Å². The molecule has 1 aliphatic heterocycles. The molecule has 88 valence electrons. The Hall–Kier alpha value is -2.17. The molecule has 0 bridgehead atoms. The summed E-state index contributed by atoms with van der Waals surface area (Å²) < 4.78 is 0. The van der Waals surface area contributed by atoms with Crippen molar-refractivity contribution >= 4 is 17.8 Å². The number of fused-ring (bicyclic) bond motifs is 1. The highest BCUT2D eigenvalue weighted by Crippen LogP contribution is 2.28. The molecule has 1 aromatic rings. The van der Waals surface area contributed by atoms with Crippen molar-refractivity contribution in [1.29, 1.82) is 0 Å². The number of hydrogen-bond donors (Lipinski definition) is 2. The van der Waals surface area contributed by atoms with E-state index in [-0.39, 0.29) is 17.7 Å². The van der Waals surface area contributed by atoms with Crippen LogP contribution < -0.4 is 5.32 Å². The van der Waals surface area contributed by atoms with Gasteiger partial charge in [0.05, 0.1) is 17.0 Å². The standard InChI is InChI=1S/C8H5NO2.C4H6O2/c10-7-5-3-1-2-4-6(5)8(11)9-7;5-4(6)3-1-2-3/h1-4H,(H,9,10,11);3H,1-2H2,(H,5,6). The molecule has 0 radical (unpaired) electrons. The molecular formula is C12H11NO4. The molecule has 0 aromatic heterocycles. The molecule has 5 heteroatoms. The fourth-order valence-corrected chi connectivity index (χ4v) is 1.45. The van der Waals surface area contributed by atoms with Gasteiger partial charge in [-0.05, 0) is 25.0 Å². The fraction of sp³-hybridized carbons (Fsp3) is 0.250. The SMILES string of the molecule is O=C(O)C1CC1.O=C1NC(=O)c2ccccc21. The number of aliphatic carboxylic acids is 1. The van der Waals surface area contributed by atoms with E-state index in [2.05, 4.69) is 5.32 Å². The van der Waals surface area contributed by atoms with Crippen LogP contribution >= 0.6 is 0 Å². The molecule has 0 spiro atoms. The van der Waals surface area contributed by atoms with Gasteiger partial charge in [-0.25, -0.2) is 0 Å². The molecule has 0 unspecified atom stereocenters. The Morgan fingerprint density at radius 1 is 1.12 bits per heavy atom. The first-order valence-corrected chi connectivity index (χ1v) is 5.27. The minimum absolute atomic E-state index is 0.0185. The minimum Gasteiger partial charge on any atom is -0.481 e. The van der Waals surface area contributed by atoms with Crippen molar-refractivity contribution in [3.05, 3.63) is 35.4 Å². The second kappa shape index (κ2) is 4.37. The van der Waals surface area contributed by atoms with E-state index >= 15 is 0 Å². The van der Waals surface area contributed by atoms with Crippen molar-refractivity contribution in [1.82, 2.24) is 5.32 Å². The second-order valence-corrected chi connectivity index (χ2v) is 3.94. The number of imide groups is 1. The molecule has 5 nitrogen and oxygen atoms in total. The van der Waals surface area contributed by atoms with Gasteiger partial charge in [0, 0.05) is 0 Å². The number of carbonyl (C=O) groups excluding carboxylic acids is 2. The van der Waals surface area contributed by atoms with Gasteiger partial charge in [0.25, 0.3) is 11.8 Å². The molecule has 17 heavy (non-hydrogen) atoms. The molecule has 1 aliphatic carbocycles. The van der Waals surface area contributed by atoms with E-state index in [1.54, 1.807) is 24.3 Å². The predicted molar refractivity (Wildman–Crippen MR) is 58.6 cm³/mol. The van der Waals surface area contributed by atoms with E-state index in [1.807, 2.05) is 0 Å². The number of benzene rings is 1. The molecule has 0 saturated heterocycles. The summed E-state index contributed by atoms with van der Waals surface area (Å²) >= 11 is 0. The van der Waals surface area contributed by atoms with Crippen molar-refractivity contribution < 1.29 is 19.5 Å². The summed E-state index contributed by atoms with van der Waals surface area (Å²) in [5.74, 6) is -1.21. The Morgan fingerprint density at radius 2 is 1.59 bits per heavy atom. The zero-order valence-electron chi connectivity index (χ0n) is 8.97. The van der Waals surface area contributed by atoms with Crippen molar-refractivity contribution in [3.8, 4) is 0 Å². The van der Waals surface area contributed by atoms with Crippen LogP contribution in [0.4, 0.5) is 0 Å². The van der Waals surface area contributed by atoms with Crippen LogP contribution in [0.2, 0.25) is 0 Å². The first kappa shape index (κ1) is 11.3. The lowest BCUT2D eigenvalue weighted by Gasteiger charge is -1.88. The molecule has 1 heterocycles. The Kier molecular flexibility index (Phi) is 2.91. The lowest BCUT2D eigenvalue weighted by molar-refractivity contribution is -0.138. The molecule has 0 atom stereocenters. The van der Waals surface area contributed by atoms with Crippen molar-refractivity contribution in [2.24, 2.45) is 5.92 Å². The quantitative estimate of drug-likeness (QED) is 0.710. The summed E-state index contributed by atoms with van der Waals surface area (Å²) in [6.07, 6.45) is 1.80. The molecule has 2 amide bonds. The number of hydrogen-bond acceptors (Lipinski definition) is 3. The van der Waals surface area contributed by atoms with Gasteiger partial charge in [0.15, 0.2) is 0 Å². The van der Waals surface area contributed by atoms with Crippen LogP contribution in [-0.4, -0.2) is 22.9 Å². The van der Waals surface area contributed by atoms with Gasteiger partial charge in [0.1, 0.15) is 0 Å². The predicted octanol–water partition coefficient (Wildman–Crippen LogP) is 1.05. The maximum absolute atomic E-state index is 10.9. The normalized spacial score (nSPS) is 16.7. The largest absolute Gasteiger partial charge is 0.481 e. The highest BCUT2D eigenvalue weighted by atomic mass is 16.4. The lowest BCUT2D eigenvalue weighted by atomic mass is 10.1. The number of nitrogens with one attached hydrogen (secondary N) is 1. The average Bonchev–Trinajstić information content (AvgIpc) is 3.10. The van der Waals surface area contributed by atoms with Crippen LogP contribution in [0.15, 0.2) is 24.3 Å². The third-order valence-corrected chi connectivity index (χ3v) is 2.57. The van der Waals surface area contributed by atoms with Gasteiger partial charge in [0.2, 0.25) is 0 Å². The number of carboxylic acids is 1. The van der Waals surface area contributed by atoms with Crippen LogP contribution in [0.3, 0.4) is 0 Å². The van der Waals surface area contributed by atoms with Gasteiger partial charge in [-0.3, -0.25) is 19.7 Å². The summed E-state index contributed by atoms with van der Waals surface area (Å²) in [7, 11) is 0. The summed E-state index contributed by atoms with van der Waals surface area (Å²) in [5.41, 5.74) is 0.940. The van der Waals surface area contributed by atoms with Crippen LogP contribution in [-0.2, 0) is 4.79 Å². The maximum atomic E-state index is 10.9. The van der Waals surface area contributed by atoms with E-state index in [0.29, 0.717) is 11.1 Å². The van der Waals surface area contributed by atoms with Crippen LogP contribution in [0.5, 0.6) is 0 Å². The highest BCUT2D eigenvalue weighted by molar-refractivity contribution is 6.21. The van der Waals surface area contributed by atoms with Gasteiger partial charge in [-0.15, -0.1) is 0 Å². The van der Waals surface area contributed by atoms with E-state index in [0.717, 1.165) is 12.8 Å². The smallest absolute Gasteiger partial charge is 0.306 e. The monoisotopic (exact) mass is 233 g/mol. The van der Waals surface area contributed by atoms with Crippen molar-refractivity contribution in [2.45, 2.75) is 12.8 Å². The number of carbonyl (C=O) groups is 3. The Balaban J connectivity index is 0.000000153. The second-order valence-electron chi connectivity index (χ2n) is 3.94. The van der Waals surface area contributed by atoms with Crippen molar-refractivity contribution in [3.63, 3.8) is 0 Å². The zero-order chi connectivity index (χ0) is 12.4. The molecule has 1 fully saturated rings. The van der Waals surface area contributed by atoms with Crippen molar-refractivity contribution in [2.75, 3.05) is 0 Å². The fourth-order valence-electron chi connectivity index (χ4n) is 1.45. The molecular weight excluding hydrogens is 222 g/mol. The van der Waals surface area contributed by atoms with E-state index in [9.17, 15) is 14.4 Å². The van der Waals surface area contributed by atoms with Gasteiger partial charge < -0.3 is 5.11 Å². The number of carboxylic acid groups (broad SMARTS) is 1. The lowest BCUT2D eigenvalue weighted by Crippen LogP contribution is -2.19. The molecule has 3 rings (SSSR count). The van der Waals surface area contributed by atoms with Gasteiger partial charge in [-0.1, -0.05) is 12.1 Å². The van der Waals surface area contributed by atoms with Crippen LogP contribution in [0, 0.1) is 5.92 Å². The van der Waals surface area contributed by atoms with E-state index in [4.69, 9.17) is 5.11 Å². The summed E-state index contributed by atoms with van der Waals surface area (Å²) in [4.78, 5) is 31.6. The number of amides is 2. The van der Waals surface area contributed by atoms with Crippen LogP contribution in [0.25, 0.3) is 0 Å². The molecule has 1 saturated carbocycles. The minimum atomic E-state index is -0.630.